The van der Waals surface area contributed by atoms with Gasteiger partial charge in [-0.05, 0) is 13.0 Å². The number of amides is 1. The van der Waals surface area contributed by atoms with Gasteiger partial charge in [0.05, 0.1) is 18.5 Å². The van der Waals surface area contributed by atoms with E-state index in [4.69, 9.17) is 4.74 Å². The molecule has 0 spiro atoms. The topological polar surface area (TPSA) is 76.6 Å². The van der Waals surface area contributed by atoms with E-state index in [0.717, 1.165) is 0 Å². The van der Waals surface area contributed by atoms with Gasteiger partial charge in [-0.2, -0.15) is 8.42 Å². The molecule has 19 heavy (non-hydrogen) atoms. The fourth-order valence-electron chi connectivity index (χ4n) is 2.03. The van der Waals surface area contributed by atoms with Crippen molar-refractivity contribution in [2.24, 2.45) is 0 Å². The van der Waals surface area contributed by atoms with E-state index in [2.05, 4.69) is 4.98 Å². The van der Waals surface area contributed by atoms with Crippen LogP contribution in [0.4, 0.5) is 9.57 Å². The molecule has 2 heterocycles. The molecular weight excluding hydrogens is 275 g/mol. The molecule has 0 saturated carbocycles. The summed E-state index contributed by atoms with van der Waals surface area (Å²) in [4.78, 5) is 17.1. The molecule has 1 aromatic heterocycles. The summed E-state index contributed by atoms with van der Waals surface area (Å²) in [6.07, 6.45) is -0.343. The molecule has 0 bridgehead atoms. The average molecular weight is 288 g/mol. The van der Waals surface area contributed by atoms with Gasteiger partial charge in [-0.25, -0.2) is 4.98 Å². The van der Waals surface area contributed by atoms with E-state index in [-0.39, 0.29) is 13.0 Å². The van der Waals surface area contributed by atoms with Gasteiger partial charge in [0.25, 0.3) is 0 Å². The largest absolute Gasteiger partial charge is 0.481 e. The highest BCUT2D eigenvalue weighted by atomic mass is 32.3. The number of hydrogen-bond donors (Lipinski definition) is 0. The van der Waals surface area contributed by atoms with Gasteiger partial charge >= 0.3 is 10.2 Å². The van der Waals surface area contributed by atoms with Crippen LogP contribution in [0.25, 0.3) is 0 Å². The maximum Gasteiger partial charge on any atom is 0.307 e. The summed E-state index contributed by atoms with van der Waals surface area (Å²) in [6, 6.07) is 3.17. The Balaban J connectivity index is 2.31. The van der Waals surface area contributed by atoms with Crippen LogP contribution in [0.2, 0.25) is 0 Å². The van der Waals surface area contributed by atoms with E-state index in [9.17, 15) is 17.1 Å². The lowest BCUT2D eigenvalue weighted by Crippen LogP contribution is -2.27. The lowest BCUT2D eigenvalue weighted by atomic mass is 10.3. The van der Waals surface area contributed by atoms with E-state index in [1.165, 1.54) is 12.0 Å². The molecule has 1 unspecified atom stereocenters. The zero-order chi connectivity index (χ0) is 14.2. The lowest BCUT2D eigenvalue weighted by Gasteiger charge is -2.18. The Morgan fingerprint density at radius 3 is 2.63 bits per heavy atom. The van der Waals surface area contributed by atoms with Gasteiger partial charge in [0.15, 0.2) is 0 Å². The molecule has 104 valence electrons. The maximum atomic E-state index is 12.9. The van der Waals surface area contributed by atoms with Crippen molar-refractivity contribution in [1.82, 2.24) is 4.98 Å². The average Bonchev–Trinajstić information content (AvgIpc) is 2.71. The second kappa shape index (κ2) is 4.76. The molecule has 0 aromatic carbocycles. The fourth-order valence-corrected chi connectivity index (χ4v) is 2.69. The predicted molar refractivity (Wildman–Crippen MR) is 66.3 cm³/mol. The Labute approximate surface area is 110 Å². The first-order valence-electron chi connectivity index (χ1n) is 5.58. The van der Waals surface area contributed by atoms with E-state index < -0.39 is 21.4 Å². The number of anilines is 1. The SMILES string of the molecule is COc1ccc(N2CC(S(=O)(=O)F)CC2=O)c(C)n1. The van der Waals surface area contributed by atoms with Gasteiger partial charge in [0.2, 0.25) is 11.8 Å². The third kappa shape index (κ3) is 2.67. The molecule has 1 aliphatic heterocycles. The molecule has 8 heteroatoms. The first kappa shape index (κ1) is 13.7. The summed E-state index contributed by atoms with van der Waals surface area (Å²) in [5.74, 6) is -0.0381. The number of carbonyl (C=O) groups is 1. The normalized spacial score (nSPS) is 19.8. The molecule has 0 aliphatic carbocycles. The van der Waals surface area contributed by atoms with E-state index >= 15 is 0 Å². The van der Waals surface area contributed by atoms with Crippen molar-refractivity contribution in [3.8, 4) is 5.88 Å². The number of aryl methyl sites for hydroxylation is 1. The van der Waals surface area contributed by atoms with Gasteiger partial charge in [-0.3, -0.25) is 4.79 Å². The van der Waals surface area contributed by atoms with Gasteiger partial charge in [0.1, 0.15) is 5.25 Å². The smallest absolute Gasteiger partial charge is 0.307 e. The van der Waals surface area contributed by atoms with Crippen LogP contribution in [0.3, 0.4) is 0 Å². The van der Waals surface area contributed by atoms with Crippen molar-refractivity contribution in [1.29, 1.82) is 0 Å². The summed E-state index contributed by atoms with van der Waals surface area (Å²) in [5.41, 5.74) is 0.988. The van der Waals surface area contributed by atoms with Crippen LogP contribution in [0.5, 0.6) is 5.88 Å². The minimum atomic E-state index is -4.71. The summed E-state index contributed by atoms with van der Waals surface area (Å²) >= 11 is 0. The quantitative estimate of drug-likeness (QED) is 0.769. The van der Waals surface area contributed by atoms with Gasteiger partial charge < -0.3 is 9.64 Å². The zero-order valence-electron chi connectivity index (χ0n) is 10.5. The third-order valence-corrected chi connectivity index (χ3v) is 4.13. The molecule has 1 saturated heterocycles. The minimum absolute atomic E-state index is 0.188. The number of rotatable bonds is 3. The standard InChI is InChI=1S/C11H13FN2O4S/c1-7-9(3-4-10(13-7)18-2)14-6-8(5-11(14)15)19(12,16)17/h3-4,8H,5-6H2,1-2H3. The maximum absolute atomic E-state index is 12.9. The van der Waals surface area contributed by atoms with Crippen molar-refractivity contribution in [2.75, 3.05) is 18.6 Å². The van der Waals surface area contributed by atoms with Crippen molar-refractivity contribution in [2.45, 2.75) is 18.6 Å². The summed E-state index contributed by atoms with van der Waals surface area (Å²) < 4.78 is 39.6. The minimum Gasteiger partial charge on any atom is -0.481 e. The van der Waals surface area contributed by atoms with Crippen molar-refractivity contribution < 1.29 is 21.8 Å². The van der Waals surface area contributed by atoms with Crippen LogP contribution in [0, 0.1) is 6.92 Å². The summed E-state index contributed by atoms with van der Waals surface area (Å²) in [7, 11) is -3.24. The lowest BCUT2D eigenvalue weighted by molar-refractivity contribution is -0.117. The number of hydrogen-bond acceptors (Lipinski definition) is 5. The predicted octanol–water partition coefficient (Wildman–Crippen LogP) is 0.803. The Bertz CT molecular complexity index is 617. The monoisotopic (exact) mass is 288 g/mol. The Kier molecular flexibility index (Phi) is 3.44. The highest BCUT2D eigenvalue weighted by Gasteiger charge is 2.39. The van der Waals surface area contributed by atoms with Gasteiger partial charge in [-0.1, -0.05) is 0 Å². The van der Waals surface area contributed by atoms with E-state index in [1.54, 1.807) is 19.1 Å². The molecular formula is C11H13FN2O4S. The number of methoxy groups -OCH3 is 1. The molecule has 2 rings (SSSR count). The van der Waals surface area contributed by atoms with Crippen molar-refractivity contribution in [3.63, 3.8) is 0 Å². The molecule has 1 aliphatic rings. The van der Waals surface area contributed by atoms with Gasteiger partial charge in [0, 0.05) is 19.0 Å². The number of pyridine rings is 1. The molecule has 1 fully saturated rings. The molecule has 6 nitrogen and oxygen atoms in total. The highest BCUT2D eigenvalue weighted by molar-refractivity contribution is 7.87. The number of nitrogens with zero attached hydrogens (tertiary/aromatic N) is 2. The molecule has 1 amide bonds. The van der Waals surface area contributed by atoms with Gasteiger partial charge in [-0.15, -0.1) is 3.89 Å². The van der Waals surface area contributed by atoms with Crippen LogP contribution < -0.4 is 9.64 Å². The number of halogens is 1. The first-order chi connectivity index (χ1) is 8.82. The number of aromatic nitrogens is 1. The first-order valence-corrected chi connectivity index (χ1v) is 7.03. The van der Waals surface area contributed by atoms with Crippen molar-refractivity contribution >= 4 is 21.8 Å². The van der Waals surface area contributed by atoms with Crippen LogP contribution in [0.1, 0.15) is 12.1 Å². The Morgan fingerprint density at radius 2 is 2.16 bits per heavy atom. The number of carbonyl (C=O) groups excluding carboxylic acids is 1. The van der Waals surface area contributed by atoms with E-state index in [1.807, 2.05) is 0 Å². The third-order valence-electron chi connectivity index (χ3n) is 3.02. The molecule has 0 radical (unpaired) electrons. The van der Waals surface area contributed by atoms with E-state index in [0.29, 0.717) is 17.3 Å². The molecule has 0 N–H and O–H groups in total. The van der Waals surface area contributed by atoms with Crippen LogP contribution in [-0.4, -0.2) is 38.2 Å². The van der Waals surface area contributed by atoms with Crippen LogP contribution >= 0.6 is 0 Å². The fraction of sp³-hybridized carbons (Fsp3) is 0.455. The summed E-state index contributed by atoms with van der Waals surface area (Å²) in [6.45, 7) is 1.48. The summed E-state index contributed by atoms with van der Waals surface area (Å²) in [5, 5.41) is -1.30. The zero-order valence-corrected chi connectivity index (χ0v) is 11.3. The Hall–Kier alpha value is -1.70. The Morgan fingerprint density at radius 1 is 1.47 bits per heavy atom. The molecule has 1 aromatic rings. The molecule has 1 atom stereocenters. The van der Waals surface area contributed by atoms with Crippen molar-refractivity contribution in [3.05, 3.63) is 17.8 Å². The van der Waals surface area contributed by atoms with Crippen LogP contribution in [0.15, 0.2) is 12.1 Å². The second-order valence-electron chi connectivity index (χ2n) is 4.26. The van der Waals surface area contributed by atoms with Crippen LogP contribution in [-0.2, 0) is 15.0 Å². The highest BCUT2D eigenvalue weighted by Crippen LogP contribution is 2.28. The number of ether oxygens (including phenoxy) is 1. The second-order valence-corrected chi connectivity index (χ2v) is 5.88.